The van der Waals surface area contributed by atoms with Crippen LogP contribution in [0.3, 0.4) is 0 Å². The van der Waals surface area contributed by atoms with E-state index in [-0.39, 0.29) is 22.8 Å². The summed E-state index contributed by atoms with van der Waals surface area (Å²) in [5.41, 5.74) is 8.88. The van der Waals surface area contributed by atoms with Crippen LogP contribution in [0.2, 0.25) is 0 Å². The topological polar surface area (TPSA) is 83.7 Å². The zero-order chi connectivity index (χ0) is 21.5. The van der Waals surface area contributed by atoms with Gasteiger partial charge in [-0.25, -0.2) is 4.90 Å². The van der Waals surface area contributed by atoms with Crippen LogP contribution in [-0.4, -0.2) is 42.8 Å². The van der Waals surface area contributed by atoms with Gasteiger partial charge in [-0.05, 0) is 61.2 Å². The van der Waals surface area contributed by atoms with Crippen LogP contribution < -0.4 is 10.6 Å². The molecular weight excluding hydrogens is 366 g/mol. The Labute approximate surface area is 171 Å². The lowest BCUT2D eigenvalue weighted by Crippen LogP contribution is -2.39. The minimum Gasteiger partial charge on any atom is -0.341 e. The fraction of sp³-hybridized carbons (Fsp3) is 0.348. The number of fused-ring (bicyclic) bond motifs is 1. The van der Waals surface area contributed by atoms with E-state index in [2.05, 4.69) is 0 Å². The van der Waals surface area contributed by atoms with Crippen LogP contribution in [0.1, 0.15) is 56.0 Å². The lowest BCUT2D eigenvalue weighted by atomic mass is 9.93. The van der Waals surface area contributed by atoms with Crippen molar-refractivity contribution < 1.29 is 14.4 Å². The van der Waals surface area contributed by atoms with Crippen molar-refractivity contribution in [1.29, 1.82) is 0 Å². The second kappa shape index (κ2) is 7.44. The number of aryl methyl sites for hydroxylation is 2. The second-order valence-corrected chi connectivity index (χ2v) is 8.53. The number of anilines is 1. The van der Waals surface area contributed by atoms with Gasteiger partial charge in [0, 0.05) is 19.2 Å². The van der Waals surface area contributed by atoms with Gasteiger partial charge in [-0.1, -0.05) is 26.0 Å². The molecule has 0 bridgehead atoms. The molecule has 152 valence electrons. The van der Waals surface area contributed by atoms with Gasteiger partial charge in [-0.3, -0.25) is 14.4 Å². The Morgan fingerprint density at radius 3 is 2.34 bits per heavy atom. The fourth-order valence-electron chi connectivity index (χ4n) is 3.55. The molecule has 3 amide bonds. The molecule has 1 aliphatic heterocycles. The third-order valence-corrected chi connectivity index (χ3v) is 5.30. The van der Waals surface area contributed by atoms with Gasteiger partial charge in [-0.15, -0.1) is 0 Å². The summed E-state index contributed by atoms with van der Waals surface area (Å²) >= 11 is 0. The third-order valence-electron chi connectivity index (χ3n) is 5.30. The van der Waals surface area contributed by atoms with Crippen LogP contribution in [0.25, 0.3) is 0 Å². The van der Waals surface area contributed by atoms with Gasteiger partial charge in [0.1, 0.15) is 0 Å². The number of rotatable bonds is 5. The molecule has 0 saturated carbocycles. The Balaban J connectivity index is 1.93. The van der Waals surface area contributed by atoms with Crippen LogP contribution in [0, 0.1) is 19.3 Å². The van der Waals surface area contributed by atoms with Crippen LogP contribution in [0.4, 0.5) is 5.69 Å². The minimum atomic E-state index is -0.404. The highest BCUT2D eigenvalue weighted by Gasteiger charge is 2.38. The van der Waals surface area contributed by atoms with Gasteiger partial charge in [0.05, 0.1) is 16.8 Å². The zero-order valence-corrected chi connectivity index (χ0v) is 17.6. The molecule has 0 radical (unpaired) electrons. The standard InChI is InChI=1S/C23H27N3O3/c1-14-6-7-15(2)19(10-14)26-21(28)17-9-8-16(11-18(17)22(26)29)20(27)25(5)13-23(3,4)12-24/h6-11H,12-13,24H2,1-5H3. The van der Waals surface area contributed by atoms with Gasteiger partial charge < -0.3 is 10.6 Å². The van der Waals surface area contributed by atoms with Crippen molar-refractivity contribution in [2.24, 2.45) is 11.1 Å². The van der Waals surface area contributed by atoms with Crippen molar-refractivity contribution in [3.05, 3.63) is 64.2 Å². The first-order valence-corrected chi connectivity index (χ1v) is 9.61. The molecule has 2 N–H and O–H groups in total. The number of nitrogens with two attached hydrogens (primary N) is 1. The zero-order valence-electron chi connectivity index (χ0n) is 17.6. The summed E-state index contributed by atoms with van der Waals surface area (Å²) in [6, 6.07) is 10.3. The lowest BCUT2D eigenvalue weighted by Gasteiger charge is -2.29. The van der Waals surface area contributed by atoms with Crippen molar-refractivity contribution in [3.8, 4) is 0 Å². The maximum Gasteiger partial charge on any atom is 0.266 e. The largest absolute Gasteiger partial charge is 0.341 e. The van der Waals surface area contributed by atoms with Crippen molar-refractivity contribution in [2.75, 3.05) is 25.0 Å². The van der Waals surface area contributed by atoms with Crippen molar-refractivity contribution in [2.45, 2.75) is 27.7 Å². The maximum atomic E-state index is 13.1. The highest BCUT2D eigenvalue weighted by Crippen LogP contribution is 2.32. The van der Waals surface area contributed by atoms with Gasteiger partial charge >= 0.3 is 0 Å². The average Bonchev–Trinajstić information content (AvgIpc) is 2.93. The third kappa shape index (κ3) is 3.80. The van der Waals surface area contributed by atoms with Crippen molar-refractivity contribution in [3.63, 3.8) is 0 Å². The molecule has 0 spiro atoms. The van der Waals surface area contributed by atoms with E-state index in [1.54, 1.807) is 24.1 Å². The number of nitrogens with zero attached hydrogens (tertiary/aromatic N) is 2. The van der Waals surface area contributed by atoms with E-state index in [0.717, 1.165) is 11.1 Å². The Kier molecular flexibility index (Phi) is 5.32. The smallest absolute Gasteiger partial charge is 0.266 e. The number of benzene rings is 2. The molecule has 6 nitrogen and oxygen atoms in total. The van der Waals surface area contributed by atoms with E-state index < -0.39 is 5.91 Å². The molecule has 2 aromatic carbocycles. The molecule has 0 aliphatic carbocycles. The van der Waals surface area contributed by atoms with Crippen LogP contribution >= 0.6 is 0 Å². The van der Waals surface area contributed by atoms with Crippen LogP contribution in [0.5, 0.6) is 0 Å². The van der Waals surface area contributed by atoms with Gasteiger partial charge in [0.25, 0.3) is 17.7 Å². The van der Waals surface area contributed by atoms with Crippen LogP contribution in [-0.2, 0) is 0 Å². The molecule has 2 aromatic rings. The number of hydrogen-bond donors (Lipinski definition) is 1. The van der Waals surface area contributed by atoms with E-state index in [4.69, 9.17) is 5.73 Å². The molecule has 0 fully saturated rings. The molecule has 0 unspecified atom stereocenters. The van der Waals surface area contributed by atoms with E-state index in [0.29, 0.717) is 29.9 Å². The fourth-order valence-corrected chi connectivity index (χ4v) is 3.55. The molecular formula is C23H27N3O3. The minimum absolute atomic E-state index is 0.209. The number of carbonyl (C=O) groups is 3. The summed E-state index contributed by atoms with van der Waals surface area (Å²) in [6.45, 7) is 8.69. The molecule has 0 atom stereocenters. The van der Waals surface area contributed by atoms with Crippen molar-refractivity contribution >= 4 is 23.4 Å². The Bertz CT molecular complexity index is 1010. The summed E-state index contributed by atoms with van der Waals surface area (Å²) in [5.74, 6) is -0.978. The van der Waals surface area contributed by atoms with Gasteiger partial charge in [0.2, 0.25) is 0 Å². The number of imide groups is 1. The summed E-state index contributed by atoms with van der Waals surface area (Å²) in [7, 11) is 1.71. The first-order chi connectivity index (χ1) is 13.6. The maximum absolute atomic E-state index is 13.1. The highest BCUT2D eigenvalue weighted by molar-refractivity contribution is 6.35. The second-order valence-electron chi connectivity index (χ2n) is 8.53. The Morgan fingerprint density at radius 2 is 1.69 bits per heavy atom. The average molecular weight is 393 g/mol. The van der Waals surface area contributed by atoms with Gasteiger partial charge in [0.15, 0.2) is 0 Å². The summed E-state index contributed by atoms with van der Waals surface area (Å²) in [4.78, 5) is 41.6. The quantitative estimate of drug-likeness (QED) is 0.791. The molecule has 29 heavy (non-hydrogen) atoms. The van der Waals surface area contributed by atoms with Crippen molar-refractivity contribution in [1.82, 2.24) is 4.90 Å². The number of carbonyl (C=O) groups excluding carboxylic acids is 3. The SMILES string of the molecule is Cc1ccc(C)c(N2C(=O)c3ccc(C(=O)N(C)CC(C)(C)CN)cc3C2=O)c1. The van der Waals surface area contributed by atoms with E-state index in [9.17, 15) is 14.4 Å². The highest BCUT2D eigenvalue weighted by atomic mass is 16.2. The predicted molar refractivity (Wildman–Crippen MR) is 113 cm³/mol. The lowest BCUT2D eigenvalue weighted by molar-refractivity contribution is 0.0740. The Morgan fingerprint density at radius 1 is 1.03 bits per heavy atom. The molecule has 0 aromatic heterocycles. The van der Waals surface area contributed by atoms with E-state index >= 15 is 0 Å². The van der Waals surface area contributed by atoms with E-state index in [1.807, 2.05) is 45.9 Å². The van der Waals surface area contributed by atoms with Gasteiger partial charge in [-0.2, -0.15) is 0 Å². The van der Waals surface area contributed by atoms with Crippen LogP contribution in [0.15, 0.2) is 36.4 Å². The summed E-state index contributed by atoms with van der Waals surface area (Å²) < 4.78 is 0. The molecule has 3 rings (SSSR count). The summed E-state index contributed by atoms with van der Waals surface area (Å²) in [6.07, 6.45) is 0. The normalized spacial score (nSPS) is 13.7. The monoisotopic (exact) mass is 393 g/mol. The number of hydrogen-bond acceptors (Lipinski definition) is 4. The number of amides is 3. The summed E-state index contributed by atoms with van der Waals surface area (Å²) in [5, 5.41) is 0. The van der Waals surface area contributed by atoms with E-state index in [1.165, 1.54) is 11.0 Å². The first-order valence-electron chi connectivity index (χ1n) is 9.61. The predicted octanol–water partition coefficient (Wildman–Crippen LogP) is 3.16. The molecule has 6 heteroatoms. The molecule has 1 heterocycles. The Hall–Kier alpha value is -2.99. The molecule has 0 saturated heterocycles. The first kappa shape index (κ1) is 20.7. The molecule has 1 aliphatic rings.